The number of nitrogens with zero attached hydrogens (tertiary/aromatic N) is 4. The van der Waals surface area contributed by atoms with Crippen molar-refractivity contribution in [1.29, 1.82) is 0 Å². The van der Waals surface area contributed by atoms with Crippen molar-refractivity contribution in [2.75, 3.05) is 64.4 Å². The summed E-state index contributed by atoms with van der Waals surface area (Å²) in [7, 11) is 2.17. The van der Waals surface area contributed by atoms with Gasteiger partial charge < -0.3 is 19.6 Å². The molecule has 0 aromatic carbocycles. The maximum absolute atomic E-state index is 10.7. The molecule has 0 amide bonds. The molecule has 1 spiro atoms. The molecule has 0 unspecified atom stereocenters. The maximum atomic E-state index is 10.7. The number of aromatic nitrogens is 1. The van der Waals surface area contributed by atoms with E-state index in [1.807, 2.05) is 6.20 Å². The van der Waals surface area contributed by atoms with Crippen LogP contribution in [0, 0.1) is 5.41 Å². The first-order valence-electron chi connectivity index (χ1n) is 10.0. The van der Waals surface area contributed by atoms with E-state index in [0.29, 0.717) is 0 Å². The van der Waals surface area contributed by atoms with Crippen LogP contribution in [0.2, 0.25) is 0 Å². The lowest BCUT2D eigenvalue weighted by Gasteiger charge is -2.50. The molecule has 144 valence electrons. The predicted octanol–water partition coefficient (Wildman–Crippen LogP) is 1.20. The van der Waals surface area contributed by atoms with Crippen LogP contribution in [-0.2, 0) is 11.3 Å². The van der Waals surface area contributed by atoms with Crippen molar-refractivity contribution in [3.05, 3.63) is 23.9 Å². The summed E-state index contributed by atoms with van der Waals surface area (Å²) in [6.45, 7) is 8.55. The first kappa shape index (κ1) is 18.2. The molecule has 3 fully saturated rings. The monoisotopic (exact) mass is 360 g/mol. The Morgan fingerprint density at radius 2 is 2.04 bits per heavy atom. The summed E-state index contributed by atoms with van der Waals surface area (Å²) < 4.78 is 5.42. The van der Waals surface area contributed by atoms with Crippen molar-refractivity contribution in [3.8, 4) is 0 Å². The van der Waals surface area contributed by atoms with Crippen LogP contribution in [0.3, 0.4) is 0 Å². The summed E-state index contributed by atoms with van der Waals surface area (Å²) in [5, 5.41) is 10.7. The van der Waals surface area contributed by atoms with Crippen LogP contribution < -0.4 is 4.90 Å². The van der Waals surface area contributed by atoms with Gasteiger partial charge in [0.2, 0.25) is 0 Å². The third-order valence-corrected chi connectivity index (χ3v) is 6.33. The van der Waals surface area contributed by atoms with Crippen LogP contribution in [0.25, 0.3) is 0 Å². The van der Waals surface area contributed by atoms with Gasteiger partial charge in [-0.3, -0.25) is 4.90 Å². The number of likely N-dealkylation sites (tertiary alicyclic amines) is 1. The molecule has 2 atom stereocenters. The van der Waals surface area contributed by atoms with Crippen molar-refractivity contribution >= 4 is 5.82 Å². The van der Waals surface area contributed by atoms with Gasteiger partial charge in [-0.1, -0.05) is 6.07 Å². The Morgan fingerprint density at radius 1 is 1.19 bits per heavy atom. The number of pyridine rings is 1. The Labute approximate surface area is 156 Å². The summed E-state index contributed by atoms with van der Waals surface area (Å²) in [5.74, 6) is 1.05. The van der Waals surface area contributed by atoms with E-state index in [1.165, 1.54) is 5.56 Å². The standard InChI is InChI=1S/C20H32N4O2/c1-22-8-5-18(25)20(15-22)6-2-7-24(16-20)19-4-3-17(13-21-19)14-23-9-11-26-12-10-23/h3-4,13,18,25H,2,5-12,14-16H2,1H3/t18-,20-/m0/s1. The molecule has 3 aliphatic heterocycles. The number of morpholine rings is 1. The van der Waals surface area contributed by atoms with Gasteiger partial charge in [0.05, 0.1) is 19.3 Å². The average molecular weight is 361 g/mol. The van der Waals surface area contributed by atoms with Gasteiger partial charge in [0.1, 0.15) is 5.82 Å². The molecule has 26 heavy (non-hydrogen) atoms. The lowest BCUT2D eigenvalue weighted by atomic mass is 9.71. The van der Waals surface area contributed by atoms with Gasteiger partial charge in [-0.25, -0.2) is 4.98 Å². The third-order valence-electron chi connectivity index (χ3n) is 6.33. The van der Waals surface area contributed by atoms with Crippen molar-refractivity contribution in [2.45, 2.75) is 31.9 Å². The zero-order chi connectivity index (χ0) is 18.0. The van der Waals surface area contributed by atoms with Gasteiger partial charge in [0.25, 0.3) is 0 Å². The summed E-state index contributed by atoms with van der Waals surface area (Å²) in [6, 6.07) is 4.37. The molecule has 1 aromatic rings. The van der Waals surface area contributed by atoms with Gasteiger partial charge in [0, 0.05) is 57.4 Å². The Balaban J connectivity index is 1.42. The molecule has 0 saturated carbocycles. The molecule has 0 aliphatic carbocycles. The van der Waals surface area contributed by atoms with Gasteiger partial charge in [-0.2, -0.15) is 0 Å². The van der Waals surface area contributed by atoms with E-state index in [4.69, 9.17) is 9.72 Å². The number of anilines is 1. The second kappa shape index (κ2) is 7.80. The molecule has 6 nitrogen and oxygen atoms in total. The summed E-state index contributed by atoms with van der Waals surface area (Å²) in [5.41, 5.74) is 1.26. The Kier molecular flexibility index (Phi) is 5.45. The first-order chi connectivity index (χ1) is 12.6. The van der Waals surface area contributed by atoms with E-state index in [-0.39, 0.29) is 11.5 Å². The fraction of sp³-hybridized carbons (Fsp3) is 0.750. The van der Waals surface area contributed by atoms with Crippen molar-refractivity contribution in [1.82, 2.24) is 14.8 Å². The van der Waals surface area contributed by atoms with Crippen molar-refractivity contribution in [2.24, 2.45) is 5.41 Å². The predicted molar refractivity (Wildman–Crippen MR) is 102 cm³/mol. The van der Waals surface area contributed by atoms with Gasteiger partial charge in [0.15, 0.2) is 0 Å². The second-order valence-corrected chi connectivity index (χ2v) is 8.34. The Bertz CT molecular complexity index is 590. The largest absolute Gasteiger partial charge is 0.392 e. The highest BCUT2D eigenvalue weighted by Gasteiger charge is 2.44. The average Bonchev–Trinajstić information content (AvgIpc) is 2.67. The van der Waals surface area contributed by atoms with Crippen molar-refractivity contribution in [3.63, 3.8) is 0 Å². The lowest BCUT2D eigenvalue weighted by Crippen LogP contribution is -2.58. The number of ether oxygens (including phenoxy) is 1. The van der Waals surface area contributed by atoms with E-state index in [9.17, 15) is 5.11 Å². The van der Waals surface area contributed by atoms with E-state index in [1.54, 1.807) is 0 Å². The number of aliphatic hydroxyl groups is 1. The molecular formula is C20H32N4O2. The number of aliphatic hydroxyl groups excluding tert-OH is 1. The molecular weight excluding hydrogens is 328 g/mol. The fourth-order valence-electron chi connectivity index (χ4n) is 4.84. The van der Waals surface area contributed by atoms with E-state index < -0.39 is 0 Å². The van der Waals surface area contributed by atoms with Gasteiger partial charge in [-0.05, 0) is 37.9 Å². The third kappa shape index (κ3) is 3.88. The summed E-state index contributed by atoms with van der Waals surface area (Å²) >= 11 is 0. The quantitative estimate of drug-likeness (QED) is 0.874. The minimum atomic E-state index is -0.193. The Morgan fingerprint density at radius 3 is 2.81 bits per heavy atom. The number of rotatable bonds is 3. The van der Waals surface area contributed by atoms with Crippen LogP contribution in [0.1, 0.15) is 24.8 Å². The maximum Gasteiger partial charge on any atom is 0.128 e. The molecule has 3 aliphatic rings. The van der Waals surface area contributed by atoms with E-state index >= 15 is 0 Å². The SMILES string of the molecule is CN1CC[C@H](O)[C@@]2(CCCN(c3ccc(CN4CCOCC4)cn3)C2)C1. The molecule has 1 N–H and O–H groups in total. The summed E-state index contributed by atoms with van der Waals surface area (Å²) in [4.78, 5) is 11.9. The topological polar surface area (TPSA) is 52.1 Å². The highest BCUT2D eigenvalue weighted by atomic mass is 16.5. The van der Waals surface area contributed by atoms with Gasteiger partial charge in [-0.15, -0.1) is 0 Å². The number of hydrogen-bond donors (Lipinski definition) is 1. The minimum absolute atomic E-state index is 0.000593. The molecule has 1 aromatic heterocycles. The van der Waals surface area contributed by atoms with Crippen LogP contribution in [0.5, 0.6) is 0 Å². The first-order valence-corrected chi connectivity index (χ1v) is 10.0. The molecule has 6 heteroatoms. The summed E-state index contributed by atoms with van der Waals surface area (Å²) in [6.07, 6.45) is 4.96. The molecule has 0 bridgehead atoms. The fourth-order valence-corrected chi connectivity index (χ4v) is 4.84. The molecule has 3 saturated heterocycles. The smallest absolute Gasteiger partial charge is 0.128 e. The van der Waals surface area contributed by atoms with E-state index in [2.05, 4.69) is 33.9 Å². The molecule has 4 rings (SSSR count). The highest BCUT2D eigenvalue weighted by Crippen LogP contribution is 2.39. The van der Waals surface area contributed by atoms with Crippen LogP contribution in [-0.4, -0.2) is 85.5 Å². The zero-order valence-corrected chi connectivity index (χ0v) is 15.9. The highest BCUT2D eigenvalue weighted by molar-refractivity contribution is 5.40. The van der Waals surface area contributed by atoms with Crippen LogP contribution >= 0.6 is 0 Å². The van der Waals surface area contributed by atoms with Crippen molar-refractivity contribution < 1.29 is 9.84 Å². The minimum Gasteiger partial charge on any atom is -0.392 e. The lowest BCUT2D eigenvalue weighted by molar-refractivity contribution is -0.0466. The second-order valence-electron chi connectivity index (χ2n) is 8.34. The Hall–Kier alpha value is -1.21. The van der Waals surface area contributed by atoms with Crippen LogP contribution in [0.4, 0.5) is 5.82 Å². The number of piperidine rings is 2. The van der Waals surface area contributed by atoms with E-state index in [0.717, 1.165) is 84.1 Å². The molecule has 4 heterocycles. The van der Waals surface area contributed by atoms with Crippen LogP contribution in [0.15, 0.2) is 18.3 Å². The number of hydrogen-bond acceptors (Lipinski definition) is 6. The molecule has 0 radical (unpaired) electrons. The van der Waals surface area contributed by atoms with Gasteiger partial charge >= 0.3 is 0 Å². The zero-order valence-electron chi connectivity index (χ0n) is 15.9. The normalized spacial score (nSPS) is 31.5.